The molecule has 27 heavy (non-hydrogen) atoms. The molecule has 7 nitrogen and oxygen atoms in total. The Morgan fingerprint density at radius 1 is 1.33 bits per heavy atom. The maximum Gasteiger partial charge on any atom is 0.263 e. The van der Waals surface area contributed by atoms with E-state index < -0.39 is 0 Å². The number of benzene rings is 1. The Labute approximate surface area is 161 Å². The van der Waals surface area contributed by atoms with E-state index in [0.29, 0.717) is 24.4 Å². The summed E-state index contributed by atoms with van der Waals surface area (Å²) in [5, 5.41) is 5.80. The largest absolute Gasteiger partial charge is 0.493 e. The van der Waals surface area contributed by atoms with Gasteiger partial charge in [0, 0.05) is 12.2 Å². The van der Waals surface area contributed by atoms with Gasteiger partial charge in [-0.1, -0.05) is 0 Å². The highest BCUT2D eigenvalue weighted by Gasteiger charge is 2.31. The lowest BCUT2D eigenvalue weighted by molar-refractivity contribution is -0.119. The van der Waals surface area contributed by atoms with E-state index in [9.17, 15) is 9.59 Å². The molecule has 0 spiro atoms. The van der Waals surface area contributed by atoms with Crippen LogP contribution in [-0.4, -0.2) is 42.7 Å². The number of rotatable bonds is 5. The summed E-state index contributed by atoms with van der Waals surface area (Å²) >= 11 is 1.29. The Morgan fingerprint density at radius 3 is 3.11 bits per heavy atom. The van der Waals surface area contributed by atoms with Crippen LogP contribution in [0.1, 0.15) is 28.1 Å². The molecule has 142 valence electrons. The van der Waals surface area contributed by atoms with Crippen LogP contribution >= 0.6 is 11.3 Å². The van der Waals surface area contributed by atoms with Gasteiger partial charge in [0.05, 0.1) is 36.9 Å². The lowest BCUT2D eigenvalue weighted by Crippen LogP contribution is -2.31. The van der Waals surface area contributed by atoms with Crippen LogP contribution in [0.5, 0.6) is 5.75 Å². The number of hydrogen-bond acceptors (Lipinski definition) is 6. The lowest BCUT2D eigenvalue weighted by Gasteiger charge is -2.18. The monoisotopic (exact) mass is 387 g/mol. The first kappa shape index (κ1) is 17.9. The highest BCUT2D eigenvalue weighted by atomic mass is 32.1. The number of ether oxygens (including phenoxy) is 2. The van der Waals surface area contributed by atoms with Gasteiger partial charge in [0.15, 0.2) is 0 Å². The van der Waals surface area contributed by atoms with Crippen LogP contribution in [0.25, 0.3) is 0 Å². The zero-order chi connectivity index (χ0) is 18.6. The third-order valence-electron chi connectivity index (χ3n) is 4.77. The summed E-state index contributed by atoms with van der Waals surface area (Å²) in [4.78, 5) is 28.9. The molecule has 2 aromatic rings. The molecule has 4 rings (SSSR count). The Morgan fingerprint density at radius 2 is 2.26 bits per heavy atom. The van der Waals surface area contributed by atoms with Crippen molar-refractivity contribution in [3.05, 3.63) is 40.3 Å². The predicted molar refractivity (Wildman–Crippen MR) is 101 cm³/mol. The minimum Gasteiger partial charge on any atom is -0.493 e. The molecular formula is C19H21N3O4S. The number of carbonyl (C=O) groups excluding carboxylic acids is 2. The maximum atomic E-state index is 12.5. The van der Waals surface area contributed by atoms with Crippen molar-refractivity contribution in [3.8, 4) is 5.75 Å². The summed E-state index contributed by atoms with van der Waals surface area (Å²) in [6.45, 7) is 1.50. The number of aryl methyl sites for hydroxylation is 1. The number of anilines is 1. The van der Waals surface area contributed by atoms with Gasteiger partial charge in [-0.25, -0.2) is 0 Å². The number of carbonyl (C=O) groups is 2. The molecule has 0 radical (unpaired) electrons. The zero-order valence-corrected chi connectivity index (χ0v) is 15.6. The fourth-order valence-corrected chi connectivity index (χ4v) is 3.87. The number of nitrogens with zero attached hydrogens (tertiary/aromatic N) is 1. The van der Waals surface area contributed by atoms with Gasteiger partial charge >= 0.3 is 0 Å². The van der Waals surface area contributed by atoms with Gasteiger partial charge in [-0.2, -0.15) is 0 Å². The standard InChI is InChI=1S/C19H21N3O4S/c23-18(22-14-3-4-16-12(6-14)2-1-5-25-16)13-7-15(26-10-13)8-21-19(24)17-9-20-11-27-17/h3-4,6,9,11,13,15H,1-2,5,7-8,10H2,(H,21,24)(H,22,23)/t13-,15-/m0/s1. The van der Waals surface area contributed by atoms with E-state index in [1.54, 1.807) is 5.51 Å². The number of thiazole rings is 1. The zero-order valence-electron chi connectivity index (χ0n) is 14.8. The average Bonchev–Trinajstić information content (AvgIpc) is 3.38. The molecule has 2 aliphatic rings. The van der Waals surface area contributed by atoms with Gasteiger partial charge < -0.3 is 20.1 Å². The summed E-state index contributed by atoms with van der Waals surface area (Å²) in [7, 11) is 0. The molecule has 0 aliphatic carbocycles. The van der Waals surface area contributed by atoms with E-state index in [0.717, 1.165) is 36.4 Å². The van der Waals surface area contributed by atoms with Crippen LogP contribution < -0.4 is 15.4 Å². The molecule has 2 atom stereocenters. The third kappa shape index (κ3) is 4.28. The second kappa shape index (κ2) is 8.06. The smallest absolute Gasteiger partial charge is 0.263 e. The third-order valence-corrected chi connectivity index (χ3v) is 5.55. The minimum absolute atomic E-state index is 0.0528. The van der Waals surface area contributed by atoms with Gasteiger partial charge in [0.1, 0.15) is 10.6 Å². The second-order valence-corrected chi connectivity index (χ2v) is 7.61. The fraction of sp³-hybridized carbons (Fsp3) is 0.421. The van der Waals surface area contributed by atoms with Crippen molar-refractivity contribution in [2.45, 2.75) is 25.4 Å². The molecule has 2 amide bonds. The SMILES string of the molecule is O=C(NC[C@@H]1C[C@H](C(=O)Nc2ccc3c(c2)CCCO3)CO1)c1cncs1. The fourth-order valence-electron chi connectivity index (χ4n) is 3.33. The molecule has 2 aliphatic heterocycles. The quantitative estimate of drug-likeness (QED) is 0.821. The topological polar surface area (TPSA) is 89.6 Å². The molecule has 2 N–H and O–H groups in total. The van der Waals surface area contributed by atoms with Crippen molar-refractivity contribution < 1.29 is 19.1 Å². The Bertz CT molecular complexity index is 824. The van der Waals surface area contributed by atoms with Gasteiger partial charge in [0.25, 0.3) is 5.91 Å². The molecule has 0 unspecified atom stereocenters. The Kier molecular flexibility index (Phi) is 5.35. The second-order valence-electron chi connectivity index (χ2n) is 6.73. The Hall–Kier alpha value is -2.45. The van der Waals surface area contributed by atoms with Gasteiger partial charge in [-0.3, -0.25) is 14.6 Å². The first-order valence-electron chi connectivity index (χ1n) is 9.04. The summed E-state index contributed by atoms with van der Waals surface area (Å²) in [6.07, 6.45) is 3.93. The van der Waals surface area contributed by atoms with E-state index in [1.165, 1.54) is 17.5 Å². The molecule has 1 fully saturated rings. The molecule has 3 heterocycles. The maximum absolute atomic E-state index is 12.5. The summed E-state index contributed by atoms with van der Waals surface area (Å²) < 4.78 is 11.3. The van der Waals surface area contributed by atoms with Crippen molar-refractivity contribution in [3.63, 3.8) is 0 Å². The summed E-state index contributed by atoms with van der Waals surface area (Å²) in [5.41, 5.74) is 3.53. The normalized spacial score (nSPS) is 21.2. The molecule has 0 saturated carbocycles. The highest BCUT2D eigenvalue weighted by molar-refractivity contribution is 7.11. The van der Waals surface area contributed by atoms with Crippen LogP contribution in [0.3, 0.4) is 0 Å². The highest BCUT2D eigenvalue weighted by Crippen LogP contribution is 2.28. The number of nitrogens with one attached hydrogen (secondary N) is 2. The number of amides is 2. The first-order chi connectivity index (χ1) is 13.2. The van der Waals surface area contributed by atoms with Crippen molar-refractivity contribution in [1.29, 1.82) is 0 Å². The summed E-state index contributed by atoms with van der Waals surface area (Å²) in [5.74, 6) is 0.469. The molecule has 0 bridgehead atoms. The minimum atomic E-state index is -0.220. The Balaban J connectivity index is 1.27. The predicted octanol–water partition coefficient (Wildman–Crippen LogP) is 2.24. The molecule has 8 heteroatoms. The number of fused-ring (bicyclic) bond motifs is 1. The van der Waals surface area contributed by atoms with Crippen molar-refractivity contribution >= 4 is 28.8 Å². The summed E-state index contributed by atoms with van der Waals surface area (Å²) in [6, 6.07) is 5.76. The van der Waals surface area contributed by atoms with Crippen molar-refractivity contribution in [2.24, 2.45) is 5.92 Å². The first-order valence-corrected chi connectivity index (χ1v) is 9.92. The van der Waals surface area contributed by atoms with Crippen LogP contribution in [0, 0.1) is 5.92 Å². The van der Waals surface area contributed by atoms with E-state index in [2.05, 4.69) is 15.6 Å². The van der Waals surface area contributed by atoms with E-state index in [1.807, 2.05) is 18.2 Å². The van der Waals surface area contributed by atoms with Crippen LogP contribution in [-0.2, 0) is 16.0 Å². The van der Waals surface area contributed by atoms with E-state index in [4.69, 9.17) is 9.47 Å². The lowest BCUT2D eigenvalue weighted by atomic mass is 10.0. The molecular weight excluding hydrogens is 366 g/mol. The van der Waals surface area contributed by atoms with E-state index in [-0.39, 0.29) is 23.8 Å². The van der Waals surface area contributed by atoms with Crippen LogP contribution in [0.4, 0.5) is 5.69 Å². The number of hydrogen-bond donors (Lipinski definition) is 2. The molecule has 1 saturated heterocycles. The van der Waals surface area contributed by atoms with Gasteiger partial charge in [0.2, 0.25) is 5.91 Å². The van der Waals surface area contributed by atoms with Crippen molar-refractivity contribution in [1.82, 2.24) is 10.3 Å². The molecule has 1 aromatic carbocycles. The van der Waals surface area contributed by atoms with Gasteiger partial charge in [-0.15, -0.1) is 11.3 Å². The average molecular weight is 387 g/mol. The van der Waals surface area contributed by atoms with Crippen molar-refractivity contribution in [2.75, 3.05) is 25.1 Å². The van der Waals surface area contributed by atoms with Gasteiger partial charge in [-0.05, 0) is 43.0 Å². The molecule has 1 aromatic heterocycles. The number of aromatic nitrogens is 1. The van der Waals surface area contributed by atoms with Crippen LogP contribution in [0.2, 0.25) is 0 Å². The van der Waals surface area contributed by atoms with E-state index >= 15 is 0 Å². The van der Waals surface area contributed by atoms with Crippen LogP contribution in [0.15, 0.2) is 29.9 Å².